The highest BCUT2D eigenvalue weighted by molar-refractivity contribution is 7.92. The standard InChI is InChI=1S/C19H23ClN2O2S/c1-2-11-22-12-10-16(14-22)15-6-8-18(9-7-15)21-25(23,24)19-5-3-4-17(20)13-19/h3-9,13,16,21H,2,10-12,14H2,1H3. The zero-order valence-electron chi connectivity index (χ0n) is 14.3. The SMILES string of the molecule is CCCN1CCC(c2ccc(NS(=O)(=O)c3cccc(Cl)c3)cc2)C1. The quantitative estimate of drug-likeness (QED) is 0.813. The fourth-order valence-electron chi connectivity index (χ4n) is 3.30. The summed E-state index contributed by atoms with van der Waals surface area (Å²) in [6.45, 7) is 5.57. The summed E-state index contributed by atoms with van der Waals surface area (Å²) >= 11 is 5.89. The first-order valence-electron chi connectivity index (χ1n) is 8.58. The average Bonchev–Trinajstić information content (AvgIpc) is 3.04. The molecule has 0 aliphatic carbocycles. The maximum absolute atomic E-state index is 12.4. The van der Waals surface area contributed by atoms with Crippen LogP contribution in [0.5, 0.6) is 0 Å². The van der Waals surface area contributed by atoms with Gasteiger partial charge in [0.15, 0.2) is 0 Å². The number of hydrogen-bond acceptors (Lipinski definition) is 3. The van der Waals surface area contributed by atoms with Crippen LogP contribution >= 0.6 is 11.6 Å². The van der Waals surface area contributed by atoms with Gasteiger partial charge in [-0.25, -0.2) is 8.42 Å². The van der Waals surface area contributed by atoms with E-state index in [9.17, 15) is 8.42 Å². The van der Waals surface area contributed by atoms with Gasteiger partial charge >= 0.3 is 0 Å². The van der Waals surface area contributed by atoms with Gasteiger partial charge in [-0.05, 0) is 67.7 Å². The highest BCUT2D eigenvalue weighted by Crippen LogP contribution is 2.28. The lowest BCUT2D eigenvalue weighted by atomic mass is 9.98. The third kappa shape index (κ3) is 4.54. The van der Waals surface area contributed by atoms with Crippen LogP contribution < -0.4 is 4.72 Å². The molecule has 1 fully saturated rings. The van der Waals surface area contributed by atoms with E-state index in [1.807, 2.05) is 24.3 Å². The van der Waals surface area contributed by atoms with Crippen molar-refractivity contribution >= 4 is 27.3 Å². The molecule has 0 aromatic heterocycles. The smallest absolute Gasteiger partial charge is 0.261 e. The Bertz CT molecular complexity index is 822. The number of halogens is 1. The first-order valence-corrected chi connectivity index (χ1v) is 10.4. The molecule has 0 bridgehead atoms. The summed E-state index contributed by atoms with van der Waals surface area (Å²) in [5.41, 5.74) is 1.83. The van der Waals surface area contributed by atoms with Crippen molar-refractivity contribution in [1.29, 1.82) is 0 Å². The molecule has 2 aromatic rings. The molecule has 1 aliphatic heterocycles. The van der Waals surface area contributed by atoms with Crippen molar-refractivity contribution in [2.75, 3.05) is 24.4 Å². The van der Waals surface area contributed by atoms with Gasteiger partial charge in [0.05, 0.1) is 4.90 Å². The van der Waals surface area contributed by atoms with Crippen LogP contribution in [0, 0.1) is 0 Å². The van der Waals surface area contributed by atoms with E-state index in [4.69, 9.17) is 11.6 Å². The number of sulfonamides is 1. The lowest BCUT2D eigenvalue weighted by Gasteiger charge is -2.15. The molecule has 2 aromatic carbocycles. The molecule has 6 heteroatoms. The van der Waals surface area contributed by atoms with E-state index in [-0.39, 0.29) is 4.90 Å². The zero-order valence-corrected chi connectivity index (χ0v) is 15.9. The van der Waals surface area contributed by atoms with E-state index in [0.29, 0.717) is 16.6 Å². The van der Waals surface area contributed by atoms with Crippen molar-refractivity contribution in [2.45, 2.75) is 30.6 Å². The lowest BCUT2D eigenvalue weighted by Crippen LogP contribution is -2.20. The van der Waals surface area contributed by atoms with Gasteiger partial charge in [0.25, 0.3) is 10.0 Å². The summed E-state index contributed by atoms with van der Waals surface area (Å²) in [5.74, 6) is 0.533. The van der Waals surface area contributed by atoms with Crippen LogP contribution in [0.4, 0.5) is 5.69 Å². The molecule has 1 heterocycles. The Balaban J connectivity index is 1.69. The summed E-state index contributed by atoms with van der Waals surface area (Å²) in [5, 5.41) is 0.399. The Morgan fingerprint density at radius 1 is 1.20 bits per heavy atom. The molecule has 134 valence electrons. The monoisotopic (exact) mass is 378 g/mol. The van der Waals surface area contributed by atoms with Gasteiger partial charge in [-0.2, -0.15) is 0 Å². The molecule has 1 aliphatic rings. The fourth-order valence-corrected chi connectivity index (χ4v) is 4.65. The second kappa shape index (κ2) is 7.77. The third-order valence-electron chi connectivity index (χ3n) is 4.55. The molecule has 1 atom stereocenters. The number of benzene rings is 2. The van der Waals surface area contributed by atoms with Gasteiger partial charge in [-0.15, -0.1) is 0 Å². The molecule has 25 heavy (non-hydrogen) atoms. The molecule has 1 N–H and O–H groups in total. The maximum Gasteiger partial charge on any atom is 0.261 e. The Kier molecular flexibility index (Phi) is 5.67. The predicted molar refractivity (Wildman–Crippen MR) is 103 cm³/mol. The van der Waals surface area contributed by atoms with Gasteiger partial charge in [-0.3, -0.25) is 4.72 Å². The van der Waals surface area contributed by atoms with Crippen LogP contribution in [-0.4, -0.2) is 33.0 Å². The van der Waals surface area contributed by atoms with Crippen molar-refractivity contribution in [1.82, 2.24) is 4.90 Å². The molecule has 1 unspecified atom stereocenters. The summed E-state index contributed by atoms with van der Waals surface area (Å²) in [6, 6.07) is 14.0. The van der Waals surface area contributed by atoms with Crippen molar-refractivity contribution in [3.05, 3.63) is 59.1 Å². The van der Waals surface area contributed by atoms with Gasteiger partial charge in [-0.1, -0.05) is 36.7 Å². The summed E-state index contributed by atoms with van der Waals surface area (Å²) in [7, 11) is -3.63. The first-order chi connectivity index (χ1) is 12.0. The molecule has 3 rings (SSSR count). The number of nitrogens with one attached hydrogen (secondary N) is 1. The Morgan fingerprint density at radius 3 is 2.64 bits per heavy atom. The minimum atomic E-state index is -3.63. The molecule has 0 saturated carbocycles. The highest BCUT2D eigenvalue weighted by atomic mass is 35.5. The summed E-state index contributed by atoms with van der Waals surface area (Å²) < 4.78 is 27.5. The maximum atomic E-state index is 12.4. The molecular formula is C19H23ClN2O2S. The lowest BCUT2D eigenvalue weighted by molar-refractivity contribution is 0.335. The van der Waals surface area contributed by atoms with Crippen molar-refractivity contribution in [2.24, 2.45) is 0 Å². The zero-order chi connectivity index (χ0) is 17.9. The van der Waals surface area contributed by atoms with Crippen LogP contribution in [0.15, 0.2) is 53.4 Å². The summed E-state index contributed by atoms with van der Waals surface area (Å²) in [4.78, 5) is 2.65. The van der Waals surface area contributed by atoms with Crippen LogP contribution in [0.25, 0.3) is 0 Å². The molecule has 0 spiro atoms. The highest BCUT2D eigenvalue weighted by Gasteiger charge is 2.23. The van der Waals surface area contributed by atoms with E-state index >= 15 is 0 Å². The van der Waals surface area contributed by atoms with Crippen LogP contribution in [0.1, 0.15) is 31.2 Å². The number of anilines is 1. The number of likely N-dealkylation sites (tertiary alicyclic amines) is 1. The molecule has 1 saturated heterocycles. The van der Waals surface area contributed by atoms with Crippen molar-refractivity contribution in [3.63, 3.8) is 0 Å². The minimum Gasteiger partial charge on any atom is -0.303 e. The predicted octanol–water partition coefficient (Wildman–Crippen LogP) is 4.34. The van der Waals surface area contributed by atoms with Crippen LogP contribution in [0.3, 0.4) is 0 Å². The largest absolute Gasteiger partial charge is 0.303 e. The second-order valence-corrected chi connectivity index (χ2v) is 8.59. The topological polar surface area (TPSA) is 49.4 Å². The first kappa shape index (κ1) is 18.2. The van der Waals surface area contributed by atoms with Gasteiger partial charge in [0, 0.05) is 17.3 Å². The summed E-state index contributed by atoms with van der Waals surface area (Å²) in [6.07, 6.45) is 2.34. The van der Waals surface area contributed by atoms with Gasteiger partial charge in [0.1, 0.15) is 0 Å². The van der Waals surface area contributed by atoms with Crippen molar-refractivity contribution < 1.29 is 8.42 Å². The van der Waals surface area contributed by atoms with Crippen LogP contribution in [-0.2, 0) is 10.0 Å². The average molecular weight is 379 g/mol. The Morgan fingerprint density at radius 2 is 1.96 bits per heavy atom. The van der Waals surface area contributed by atoms with E-state index < -0.39 is 10.0 Å². The van der Waals surface area contributed by atoms with Crippen molar-refractivity contribution in [3.8, 4) is 0 Å². The van der Waals surface area contributed by atoms with E-state index in [2.05, 4.69) is 16.5 Å². The molecule has 0 radical (unpaired) electrons. The van der Waals surface area contributed by atoms with E-state index in [0.717, 1.165) is 26.1 Å². The van der Waals surface area contributed by atoms with Crippen LogP contribution in [0.2, 0.25) is 5.02 Å². The third-order valence-corrected chi connectivity index (χ3v) is 6.17. The second-order valence-electron chi connectivity index (χ2n) is 6.47. The number of hydrogen-bond donors (Lipinski definition) is 1. The Hall–Kier alpha value is -1.56. The number of rotatable bonds is 6. The molecule has 0 amide bonds. The minimum absolute atomic E-state index is 0.162. The van der Waals surface area contributed by atoms with Gasteiger partial charge in [0.2, 0.25) is 0 Å². The van der Waals surface area contributed by atoms with Gasteiger partial charge < -0.3 is 4.90 Å². The van der Waals surface area contributed by atoms with E-state index in [1.54, 1.807) is 12.1 Å². The normalized spacial score (nSPS) is 18.4. The Labute approximate surface area is 154 Å². The van der Waals surface area contributed by atoms with E-state index in [1.165, 1.54) is 24.1 Å². The number of nitrogens with zero attached hydrogens (tertiary/aromatic N) is 1. The fraction of sp³-hybridized carbons (Fsp3) is 0.368. The molecular weight excluding hydrogens is 356 g/mol. The molecule has 4 nitrogen and oxygen atoms in total.